The lowest BCUT2D eigenvalue weighted by molar-refractivity contribution is -0.156. The van der Waals surface area contributed by atoms with E-state index in [1.807, 2.05) is 54.6 Å². The molecule has 1 fully saturated rings. The normalized spacial score (nSPS) is 14.7. The van der Waals surface area contributed by atoms with E-state index in [1.165, 1.54) is 0 Å². The molecule has 0 aromatic heterocycles. The SMILES string of the molecule is O=COC1(NC(=O)c2cc(Cl)c3ccccc3c2OCc2ccccc2)CCC1. The van der Waals surface area contributed by atoms with Crippen molar-refractivity contribution in [3.05, 3.63) is 76.8 Å². The maximum atomic E-state index is 13.1. The molecule has 0 atom stereocenters. The molecule has 1 N–H and O–H groups in total. The lowest BCUT2D eigenvalue weighted by Gasteiger charge is -2.40. The number of carbonyl (C=O) groups is 2. The van der Waals surface area contributed by atoms with Crippen LogP contribution in [0, 0.1) is 0 Å². The Kier molecular flexibility index (Phi) is 5.41. The number of hydrogen-bond acceptors (Lipinski definition) is 4. The van der Waals surface area contributed by atoms with Gasteiger partial charge < -0.3 is 14.8 Å². The number of rotatable bonds is 7. The van der Waals surface area contributed by atoms with Crippen molar-refractivity contribution in [3.63, 3.8) is 0 Å². The van der Waals surface area contributed by atoms with E-state index in [-0.39, 0.29) is 5.91 Å². The third kappa shape index (κ3) is 3.91. The second-order valence-electron chi connectivity index (χ2n) is 7.07. The Hall–Kier alpha value is -3.05. The van der Waals surface area contributed by atoms with Gasteiger partial charge in [0.1, 0.15) is 12.4 Å². The highest BCUT2D eigenvalue weighted by atomic mass is 35.5. The van der Waals surface area contributed by atoms with E-state index in [4.69, 9.17) is 21.1 Å². The van der Waals surface area contributed by atoms with Gasteiger partial charge in [0.2, 0.25) is 0 Å². The fourth-order valence-corrected chi connectivity index (χ4v) is 3.77. The van der Waals surface area contributed by atoms with Crippen LogP contribution in [-0.4, -0.2) is 18.1 Å². The van der Waals surface area contributed by atoms with Gasteiger partial charge in [-0.2, -0.15) is 0 Å². The number of benzene rings is 3. The summed E-state index contributed by atoms with van der Waals surface area (Å²) < 4.78 is 11.3. The van der Waals surface area contributed by atoms with Crippen molar-refractivity contribution >= 4 is 34.8 Å². The largest absolute Gasteiger partial charge is 0.487 e. The van der Waals surface area contributed by atoms with Gasteiger partial charge in [0.05, 0.1) is 5.56 Å². The summed E-state index contributed by atoms with van der Waals surface area (Å²) in [6, 6.07) is 18.8. The van der Waals surface area contributed by atoms with Gasteiger partial charge in [-0.15, -0.1) is 0 Å². The molecular weight excluding hydrogens is 390 g/mol. The van der Waals surface area contributed by atoms with Crippen molar-refractivity contribution in [2.75, 3.05) is 0 Å². The highest BCUT2D eigenvalue weighted by Gasteiger charge is 2.41. The zero-order valence-corrected chi connectivity index (χ0v) is 16.4. The number of halogens is 1. The Morgan fingerprint density at radius 1 is 1.07 bits per heavy atom. The van der Waals surface area contributed by atoms with E-state index in [9.17, 15) is 9.59 Å². The zero-order chi connectivity index (χ0) is 20.3. The van der Waals surface area contributed by atoms with Gasteiger partial charge >= 0.3 is 0 Å². The summed E-state index contributed by atoms with van der Waals surface area (Å²) in [6.45, 7) is 0.683. The molecule has 0 aliphatic heterocycles. The van der Waals surface area contributed by atoms with E-state index in [0.29, 0.717) is 42.3 Å². The van der Waals surface area contributed by atoms with Crippen LogP contribution in [0.5, 0.6) is 5.75 Å². The number of ether oxygens (including phenoxy) is 2. The monoisotopic (exact) mass is 409 g/mol. The van der Waals surface area contributed by atoms with E-state index in [0.717, 1.165) is 22.8 Å². The molecule has 3 aromatic rings. The van der Waals surface area contributed by atoms with Crippen molar-refractivity contribution in [3.8, 4) is 5.75 Å². The van der Waals surface area contributed by atoms with Gasteiger partial charge in [0.25, 0.3) is 12.4 Å². The van der Waals surface area contributed by atoms with Crippen molar-refractivity contribution in [2.45, 2.75) is 31.6 Å². The molecule has 0 heterocycles. The van der Waals surface area contributed by atoms with Crippen LogP contribution in [0.15, 0.2) is 60.7 Å². The molecule has 0 radical (unpaired) electrons. The zero-order valence-electron chi connectivity index (χ0n) is 15.7. The van der Waals surface area contributed by atoms with Crippen LogP contribution >= 0.6 is 11.6 Å². The highest BCUT2D eigenvalue weighted by Crippen LogP contribution is 2.37. The number of hydrogen-bond donors (Lipinski definition) is 1. The summed E-state index contributed by atoms with van der Waals surface area (Å²) in [4.78, 5) is 24.0. The molecule has 1 amide bonds. The van der Waals surface area contributed by atoms with E-state index in [2.05, 4.69) is 5.32 Å². The van der Waals surface area contributed by atoms with Crippen LogP contribution in [0.3, 0.4) is 0 Å². The van der Waals surface area contributed by atoms with Crippen LogP contribution in [0.1, 0.15) is 35.2 Å². The molecular formula is C23H20ClNO4. The molecule has 5 nitrogen and oxygen atoms in total. The van der Waals surface area contributed by atoms with Gasteiger partial charge in [-0.05, 0) is 18.1 Å². The first-order chi connectivity index (χ1) is 14.1. The van der Waals surface area contributed by atoms with Crippen LogP contribution in [0.4, 0.5) is 0 Å². The fraction of sp³-hybridized carbons (Fsp3) is 0.217. The second kappa shape index (κ2) is 8.13. The van der Waals surface area contributed by atoms with Crippen molar-refractivity contribution < 1.29 is 19.1 Å². The van der Waals surface area contributed by atoms with Gasteiger partial charge in [-0.25, -0.2) is 0 Å². The molecule has 0 saturated heterocycles. The quantitative estimate of drug-likeness (QED) is 0.447. The summed E-state index contributed by atoms with van der Waals surface area (Å²) in [6.07, 6.45) is 2.04. The molecule has 1 aliphatic carbocycles. The van der Waals surface area contributed by atoms with E-state index >= 15 is 0 Å². The molecule has 1 aliphatic rings. The van der Waals surface area contributed by atoms with Gasteiger partial charge in [0.15, 0.2) is 5.72 Å². The summed E-state index contributed by atoms with van der Waals surface area (Å²) in [5.74, 6) is 0.0641. The summed E-state index contributed by atoms with van der Waals surface area (Å²) >= 11 is 6.45. The average Bonchev–Trinajstić information content (AvgIpc) is 2.72. The average molecular weight is 410 g/mol. The lowest BCUT2D eigenvalue weighted by atomic mass is 9.87. The fourth-order valence-electron chi connectivity index (χ4n) is 3.49. The van der Waals surface area contributed by atoms with Crippen LogP contribution in [-0.2, 0) is 16.1 Å². The Morgan fingerprint density at radius 2 is 1.76 bits per heavy atom. The molecule has 0 bridgehead atoms. The summed E-state index contributed by atoms with van der Waals surface area (Å²) in [5.41, 5.74) is 0.344. The van der Waals surface area contributed by atoms with Gasteiger partial charge in [0, 0.05) is 28.6 Å². The summed E-state index contributed by atoms with van der Waals surface area (Å²) in [5, 5.41) is 4.85. The van der Waals surface area contributed by atoms with Crippen molar-refractivity contribution in [2.24, 2.45) is 0 Å². The number of fused-ring (bicyclic) bond motifs is 1. The Morgan fingerprint density at radius 3 is 2.41 bits per heavy atom. The summed E-state index contributed by atoms with van der Waals surface area (Å²) in [7, 11) is 0. The van der Waals surface area contributed by atoms with Crippen molar-refractivity contribution in [1.29, 1.82) is 0 Å². The molecule has 1 saturated carbocycles. The smallest absolute Gasteiger partial charge is 0.295 e. The molecule has 0 unspecified atom stereocenters. The Labute approximate surface area is 173 Å². The maximum Gasteiger partial charge on any atom is 0.295 e. The van der Waals surface area contributed by atoms with E-state index in [1.54, 1.807) is 6.07 Å². The molecule has 6 heteroatoms. The Bertz CT molecular complexity index is 1050. The third-order valence-electron chi connectivity index (χ3n) is 5.19. The topological polar surface area (TPSA) is 64.6 Å². The van der Waals surface area contributed by atoms with Crippen LogP contribution in [0.25, 0.3) is 10.8 Å². The molecule has 0 spiro atoms. The maximum absolute atomic E-state index is 13.1. The van der Waals surface area contributed by atoms with Crippen molar-refractivity contribution in [1.82, 2.24) is 5.32 Å². The minimum Gasteiger partial charge on any atom is -0.487 e. The second-order valence-corrected chi connectivity index (χ2v) is 7.48. The van der Waals surface area contributed by atoms with Crippen LogP contribution in [0.2, 0.25) is 5.02 Å². The Balaban J connectivity index is 1.71. The standard InChI is InChI=1S/C23H20ClNO4/c24-20-13-19(22(27)25-23(29-15-26)11-6-12-23)21(18-10-5-4-9-17(18)20)28-14-16-7-2-1-3-8-16/h1-5,7-10,13,15H,6,11-12,14H2,(H,25,27). The van der Waals surface area contributed by atoms with Gasteiger partial charge in [-0.3, -0.25) is 9.59 Å². The first-order valence-electron chi connectivity index (χ1n) is 9.44. The molecule has 4 rings (SSSR count). The van der Waals surface area contributed by atoms with E-state index < -0.39 is 5.72 Å². The lowest BCUT2D eigenvalue weighted by Crippen LogP contribution is -2.55. The minimum atomic E-state index is -0.951. The highest BCUT2D eigenvalue weighted by molar-refractivity contribution is 6.36. The van der Waals surface area contributed by atoms with Gasteiger partial charge in [-0.1, -0.05) is 66.2 Å². The number of nitrogens with one attached hydrogen (secondary N) is 1. The first-order valence-corrected chi connectivity index (χ1v) is 9.82. The molecule has 29 heavy (non-hydrogen) atoms. The first kappa shape index (κ1) is 19.3. The number of amides is 1. The molecule has 148 valence electrons. The van der Waals surface area contributed by atoms with Crippen LogP contribution < -0.4 is 10.1 Å². The predicted octanol–water partition coefficient (Wildman–Crippen LogP) is 4.86. The predicted molar refractivity (Wildman–Crippen MR) is 111 cm³/mol. The third-order valence-corrected chi connectivity index (χ3v) is 5.50. The minimum absolute atomic E-state index is 0.308. The molecule has 3 aromatic carbocycles. The number of carbonyl (C=O) groups excluding carboxylic acids is 2.